The molecule has 0 spiro atoms. The second kappa shape index (κ2) is 11.7. The number of fused-ring (bicyclic) bond motifs is 1. The third-order valence-electron chi connectivity index (χ3n) is 5.07. The van der Waals surface area contributed by atoms with Crippen LogP contribution in [0, 0.1) is 0 Å². The molecule has 0 bridgehead atoms. The van der Waals surface area contributed by atoms with Gasteiger partial charge in [0.25, 0.3) is 0 Å². The van der Waals surface area contributed by atoms with E-state index in [1.54, 1.807) is 18.9 Å². The van der Waals surface area contributed by atoms with Gasteiger partial charge in [-0.15, -0.1) is 11.8 Å². The van der Waals surface area contributed by atoms with Gasteiger partial charge in [0.1, 0.15) is 11.3 Å². The number of ether oxygens (including phenoxy) is 1. The van der Waals surface area contributed by atoms with Crippen molar-refractivity contribution in [3.8, 4) is 5.75 Å². The Morgan fingerprint density at radius 3 is 2.52 bits per heavy atom. The maximum atomic E-state index is 13.2. The number of carbonyl (C=O) groups is 1. The lowest BCUT2D eigenvalue weighted by Crippen LogP contribution is -2.39. The van der Waals surface area contributed by atoms with Crippen molar-refractivity contribution in [1.82, 2.24) is 9.88 Å². The van der Waals surface area contributed by atoms with Gasteiger partial charge in [0.2, 0.25) is 5.91 Å². The minimum atomic E-state index is 0.0864. The van der Waals surface area contributed by atoms with Crippen LogP contribution in [0.25, 0.3) is 10.2 Å². The summed E-state index contributed by atoms with van der Waals surface area (Å²) in [6.45, 7) is 7.62. The molecule has 0 aliphatic rings. The smallest absolute Gasteiger partial charge is 0.229 e. The van der Waals surface area contributed by atoms with Crippen molar-refractivity contribution in [2.75, 3.05) is 43.9 Å². The number of thioether (sulfide) groups is 1. The molecule has 0 unspecified atom stereocenters. The number of halogens is 1. The quantitative estimate of drug-likeness (QED) is 0.326. The summed E-state index contributed by atoms with van der Waals surface area (Å²) in [5.74, 6) is 1.62. The first kappa shape index (κ1) is 23.9. The maximum Gasteiger partial charge on any atom is 0.229 e. The topological polar surface area (TPSA) is 45.7 Å². The number of thiazole rings is 1. The number of rotatable bonds is 11. The molecule has 166 valence electrons. The lowest BCUT2D eigenvalue weighted by atomic mass is 10.3. The van der Waals surface area contributed by atoms with E-state index in [4.69, 9.17) is 21.3 Å². The van der Waals surface area contributed by atoms with Crippen LogP contribution in [0.5, 0.6) is 5.75 Å². The van der Waals surface area contributed by atoms with Gasteiger partial charge in [-0.1, -0.05) is 42.9 Å². The van der Waals surface area contributed by atoms with E-state index in [1.807, 2.05) is 47.4 Å². The summed E-state index contributed by atoms with van der Waals surface area (Å²) >= 11 is 9.51. The highest BCUT2D eigenvalue weighted by Gasteiger charge is 2.21. The number of nitrogens with zero attached hydrogens (tertiary/aromatic N) is 3. The average Bonchev–Trinajstić information content (AvgIpc) is 3.22. The predicted molar refractivity (Wildman–Crippen MR) is 133 cm³/mol. The number of benzene rings is 2. The molecule has 0 atom stereocenters. The summed E-state index contributed by atoms with van der Waals surface area (Å²) < 4.78 is 6.20. The summed E-state index contributed by atoms with van der Waals surface area (Å²) in [6, 6.07) is 13.6. The van der Waals surface area contributed by atoms with Crippen molar-refractivity contribution in [2.24, 2.45) is 0 Å². The normalized spacial score (nSPS) is 11.3. The summed E-state index contributed by atoms with van der Waals surface area (Å²) in [5.41, 5.74) is 0.761. The molecule has 8 heteroatoms. The fourth-order valence-corrected chi connectivity index (χ4v) is 5.34. The van der Waals surface area contributed by atoms with Crippen LogP contribution < -0.4 is 9.64 Å². The van der Waals surface area contributed by atoms with Gasteiger partial charge in [-0.2, -0.15) is 0 Å². The molecule has 3 rings (SSSR count). The van der Waals surface area contributed by atoms with Gasteiger partial charge in [0.05, 0.1) is 16.8 Å². The van der Waals surface area contributed by atoms with Crippen LogP contribution in [0.3, 0.4) is 0 Å². The molecule has 0 N–H and O–H groups in total. The van der Waals surface area contributed by atoms with E-state index in [0.29, 0.717) is 23.7 Å². The van der Waals surface area contributed by atoms with E-state index in [0.717, 1.165) is 45.6 Å². The Hall–Kier alpha value is -1.80. The van der Waals surface area contributed by atoms with E-state index in [9.17, 15) is 4.79 Å². The summed E-state index contributed by atoms with van der Waals surface area (Å²) in [7, 11) is 1.66. The average molecular weight is 478 g/mol. The first-order chi connectivity index (χ1) is 15.0. The number of likely N-dealkylation sites (N-methyl/N-ethyl adjacent to an activating group) is 1. The molecular weight excluding hydrogens is 450 g/mol. The molecular formula is C23H28ClN3O2S2. The van der Waals surface area contributed by atoms with Crippen molar-refractivity contribution >= 4 is 56.0 Å². The Balaban J connectivity index is 1.71. The molecule has 0 aliphatic heterocycles. The van der Waals surface area contributed by atoms with Crippen molar-refractivity contribution < 1.29 is 9.53 Å². The van der Waals surface area contributed by atoms with Crippen LogP contribution in [-0.2, 0) is 4.79 Å². The first-order valence-electron chi connectivity index (χ1n) is 10.4. The Kier molecular flexibility index (Phi) is 9.02. The number of anilines is 1. The zero-order valence-electron chi connectivity index (χ0n) is 18.1. The lowest BCUT2D eigenvalue weighted by molar-refractivity contribution is -0.118. The molecule has 1 aromatic heterocycles. The van der Waals surface area contributed by atoms with Gasteiger partial charge in [0, 0.05) is 30.2 Å². The second-order valence-corrected chi connectivity index (χ2v) is 9.51. The Morgan fingerprint density at radius 2 is 1.87 bits per heavy atom. The minimum Gasteiger partial charge on any atom is -0.497 e. The van der Waals surface area contributed by atoms with Crippen LogP contribution in [0.2, 0.25) is 5.02 Å². The number of para-hydroxylation sites is 1. The monoisotopic (exact) mass is 477 g/mol. The number of amides is 1. The number of hydrogen-bond donors (Lipinski definition) is 0. The molecule has 0 saturated heterocycles. The number of aromatic nitrogens is 1. The van der Waals surface area contributed by atoms with Gasteiger partial charge in [-0.3, -0.25) is 9.69 Å². The maximum absolute atomic E-state index is 13.2. The Bertz CT molecular complexity index is 990. The van der Waals surface area contributed by atoms with Crippen molar-refractivity contribution in [1.29, 1.82) is 0 Å². The van der Waals surface area contributed by atoms with E-state index in [-0.39, 0.29) is 5.91 Å². The molecule has 3 aromatic rings. The van der Waals surface area contributed by atoms with Crippen LogP contribution in [0.15, 0.2) is 47.4 Å². The summed E-state index contributed by atoms with van der Waals surface area (Å²) in [5, 5.41) is 1.33. The third-order valence-corrected chi connectivity index (χ3v) is 7.43. The van der Waals surface area contributed by atoms with E-state index in [1.165, 1.54) is 11.3 Å². The van der Waals surface area contributed by atoms with Crippen LogP contribution in [0.1, 0.15) is 20.3 Å². The highest BCUT2D eigenvalue weighted by Crippen LogP contribution is 2.33. The van der Waals surface area contributed by atoms with Crippen molar-refractivity contribution in [3.05, 3.63) is 47.5 Å². The SMILES string of the molecule is CCN(CC)CCN(C(=O)CCSc1ccc(OC)cc1)c1nc2c(Cl)cccc2s1. The van der Waals surface area contributed by atoms with E-state index in [2.05, 4.69) is 18.7 Å². The number of carbonyl (C=O) groups excluding carboxylic acids is 1. The molecule has 0 aliphatic carbocycles. The van der Waals surface area contributed by atoms with Gasteiger partial charge in [-0.05, 0) is 49.5 Å². The van der Waals surface area contributed by atoms with E-state index < -0.39 is 0 Å². The van der Waals surface area contributed by atoms with Gasteiger partial charge in [0.15, 0.2) is 5.13 Å². The molecule has 0 fully saturated rings. The zero-order valence-corrected chi connectivity index (χ0v) is 20.5. The number of hydrogen-bond acceptors (Lipinski definition) is 6. The van der Waals surface area contributed by atoms with Gasteiger partial charge >= 0.3 is 0 Å². The molecule has 0 saturated carbocycles. The zero-order chi connectivity index (χ0) is 22.2. The summed E-state index contributed by atoms with van der Waals surface area (Å²) in [4.78, 5) is 23.2. The second-order valence-electron chi connectivity index (χ2n) is 6.93. The fraction of sp³-hybridized carbons (Fsp3) is 0.391. The Morgan fingerprint density at radius 1 is 1.13 bits per heavy atom. The highest BCUT2D eigenvalue weighted by molar-refractivity contribution is 7.99. The molecule has 1 amide bonds. The van der Waals surface area contributed by atoms with Gasteiger partial charge < -0.3 is 9.64 Å². The predicted octanol–water partition coefficient (Wildman–Crippen LogP) is 5.82. The van der Waals surface area contributed by atoms with Crippen molar-refractivity contribution in [3.63, 3.8) is 0 Å². The lowest BCUT2D eigenvalue weighted by Gasteiger charge is -2.24. The minimum absolute atomic E-state index is 0.0864. The van der Waals surface area contributed by atoms with Crippen LogP contribution in [-0.4, -0.2) is 54.8 Å². The highest BCUT2D eigenvalue weighted by atomic mass is 35.5. The molecule has 0 radical (unpaired) electrons. The molecule has 1 heterocycles. The Labute approximate surface area is 197 Å². The third kappa shape index (κ3) is 6.35. The van der Waals surface area contributed by atoms with Gasteiger partial charge in [-0.25, -0.2) is 4.98 Å². The molecule has 2 aromatic carbocycles. The summed E-state index contributed by atoms with van der Waals surface area (Å²) in [6.07, 6.45) is 0.443. The largest absolute Gasteiger partial charge is 0.497 e. The first-order valence-corrected chi connectivity index (χ1v) is 12.6. The molecule has 31 heavy (non-hydrogen) atoms. The fourth-order valence-electron chi connectivity index (χ4n) is 3.19. The van der Waals surface area contributed by atoms with Crippen LogP contribution >= 0.6 is 34.7 Å². The van der Waals surface area contributed by atoms with Crippen LogP contribution in [0.4, 0.5) is 5.13 Å². The number of methoxy groups -OCH3 is 1. The molecule has 5 nitrogen and oxygen atoms in total. The van der Waals surface area contributed by atoms with E-state index >= 15 is 0 Å². The standard InChI is InChI=1S/C23H28ClN3O2S2/c1-4-26(5-2)14-15-27(23-25-22-19(24)7-6-8-20(22)31-23)21(28)13-16-30-18-11-9-17(29-3)10-12-18/h6-12H,4-5,13-16H2,1-3H3. The van der Waals surface area contributed by atoms with Crippen molar-refractivity contribution in [2.45, 2.75) is 25.2 Å².